The fourth-order valence-corrected chi connectivity index (χ4v) is 2.72. The lowest BCUT2D eigenvalue weighted by molar-refractivity contribution is -0.384. The maximum Gasteiger partial charge on any atom is 0.269 e. The third kappa shape index (κ3) is 4.08. The molecule has 1 unspecified atom stereocenters. The molecule has 2 rings (SSSR count). The number of carbonyl (C=O) groups is 1. The van der Waals surface area contributed by atoms with Crippen LogP contribution in [0.2, 0.25) is 0 Å². The standard InChI is InChI=1S/C16H16N2O3S/c1-11-5-3-4-6-15(11)17-16(19)12(2)22-14-9-7-13(8-10-14)18(20)21/h3-10,12H,1-2H3,(H,17,19). The van der Waals surface area contributed by atoms with Crippen molar-refractivity contribution in [2.45, 2.75) is 24.0 Å². The Morgan fingerprint density at radius 2 is 1.82 bits per heavy atom. The summed E-state index contributed by atoms with van der Waals surface area (Å²) in [6.45, 7) is 3.74. The first-order chi connectivity index (χ1) is 10.5. The molecule has 0 aliphatic rings. The molecular weight excluding hydrogens is 300 g/mol. The van der Waals surface area contributed by atoms with Crippen LogP contribution in [-0.2, 0) is 4.79 Å². The van der Waals surface area contributed by atoms with Crippen LogP contribution in [0.1, 0.15) is 12.5 Å². The van der Waals surface area contributed by atoms with Gasteiger partial charge in [-0.05, 0) is 37.6 Å². The van der Waals surface area contributed by atoms with Crippen molar-refractivity contribution in [3.05, 3.63) is 64.2 Å². The molecule has 114 valence electrons. The van der Waals surface area contributed by atoms with Crippen LogP contribution >= 0.6 is 11.8 Å². The van der Waals surface area contributed by atoms with Gasteiger partial charge in [0.1, 0.15) is 0 Å². The highest BCUT2D eigenvalue weighted by Crippen LogP contribution is 2.26. The Balaban J connectivity index is 1.99. The van der Waals surface area contributed by atoms with E-state index < -0.39 is 4.92 Å². The summed E-state index contributed by atoms with van der Waals surface area (Å²) in [6.07, 6.45) is 0. The highest BCUT2D eigenvalue weighted by Gasteiger charge is 2.16. The van der Waals surface area contributed by atoms with Crippen LogP contribution in [0.25, 0.3) is 0 Å². The van der Waals surface area contributed by atoms with Gasteiger partial charge in [0.15, 0.2) is 0 Å². The zero-order valence-electron chi connectivity index (χ0n) is 12.3. The van der Waals surface area contributed by atoms with Crippen molar-refractivity contribution in [3.8, 4) is 0 Å². The molecule has 0 fully saturated rings. The minimum absolute atomic E-state index is 0.0429. The molecule has 22 heavy (non-hydrogen) atoms. The van der Waals surface area contributed by atoms with E-state index in [1.165, 1.54) is 23.9 Å². The number of para-hydroxylation sites is 1. The number of aryl methyl sites for hydroxylation is 1. The molecule has 0 aliphatic carbocycles. The Bertz CT molecular complexity index is 686. The molecule has 0 saturated heterocycles. The Hall–Kier alpha value is -2.34. The summed E-state index contributed by atoms with van der Waals surface area (Å²) in [4.78, 5) is 23.2. The topological polar surface area (TPSA) is 72.2 Å². The molecular formula is C16H16N2O3S. The van der Waals surface area contributed by atoms with Gasteiger partial charge in [-0.2, -0.15) is 0 Å². The number of thioether (sulfide) groups is 1. The summed E-state index contributed by atoms with van der Waals surface area (Å²) in [5.74, 6) is -0.0994. The second-order valence-corrected chi connectivity index (χ2v) is 6.23. The Kier molecular flexibility index (Phi) is 5.16. The van der Waals surface area contributed by atoms with Crippen LogP contribution in [0.3, 0.4) is 0 Å². The second-order valence-electron chi connectivity index (χ2n) is 4.82. The van der Waals surface area contributed by atoms with Crippen molar-refractivity contribution in [1.29, 1.82) is 0 Å². The molecule has 0 aliphatic heterocycles. The Morgan fingerprint density at radius 1 is 1.18 bits per heavy atom. The minimum atomic E-state index is -0.442. The summed E-state index contributed by atoms with van der Waals surface area (Å²) in [7, 11) is 0. The highest BCUT2D eigenvalue weighted by molar-refractivity contribution is 8.00. The van der Waals surface area contributed by atoms with Gasteiger partial charge < -0.3 is 5.32 Å². The number of rotatable bonds is 5. The molecule has 0 spiro atoms. The molecule has 1 amide bonds. The van der Waals surface area contributed by atoms with Gasteiger partial charge in [0.2, 0.25) is 5.91 Å². The fourth-order valence-electron chi connectivity index (χ4n) is 1.85. The van der Waals surface area contributed by atoms with Gasteiger partial charge in [-0.3, -0.25) is 14.9 Å². The van der Waals surface area contributed by atoms with E-state index in [9.17, 15) is 14.9 Å². The van der Waals surface area contributed by atoms with E-state index in [0.29, 0.717) is 0 Å². The van der Waals surface area contributed by atoms with Gasteiger partial charge >= 0.3 is 0 Å². The van der Waals surface area contributed by atoms with Gasteiger partial charge in [-0.15, -0.1) is 11.8 Å². The molecule has 0 saturated carbocycles. The van der Waals surface area contributed by atoms with Gasteiger partial charge in [0, 0.05) is 22.7 Å². The number of carbonyl (C=O) groups excluding carboxylic acids is 1. The van der Waals surface area contributed by atoms with E-state index in [4.69, 9.17) is 0 Å². The van der Waals surface area contributed by atoms with Crippen molar-refractivity contribution in [2.24, 2.45) is 0 Å². The van der Waals surface area contributed by atoms with E-state index >= 15 is 0 Å². The largest absolute Gasteiger partial charge is 0.325 e. The quantitative estimate of drug-likeness (QED) is 0.513. The fraction of sp³-hybridized carbons (Fsp3) is 0.188. The molecule has 0 aromatic heterocycles. The van der Waals surface area contributed by atoms with Crippen LogP contribution in [0, 0.1) is 17.0 Å². The molecule has 2 aromatic carbocycles. The van der Waals surface area contributed by atoms with Crippen molar-refractivity contribution in [3.63, 3.8) is 0 Å². The molecule has 0 heterocycles. The van der Waals surface area contributed by atoms with Crippen LogP contribution < -0.4 is 5.32 Å². The lowest BCUT2D eigenvalue weighted by Gasteiger charge is -2.13. The van der Waals surface area contributed by atoms with Gasteiger partial charge in [0.25, 0.3) is 5.69 Å². The zero-order valence-corrected chi connectivity index (χ0v) is 13.1. The number of benzene rings is 2. The number of anilines is 1. The second kappa shape index (κ2) is 7.09. The van der Waals surface area contributed by atoms with Crippen molar-refractivity contribution >= 4 is 29.0 Å². The zero-order chi connectivity index (χ0) is 16.1. The summed E-state index contributed by atoms with van der Waals surface area (Å²) in [5, 5.41) is 13.2. The third-order valence-corrected chi connectivity index (χ3v) is 4.24. The number of nitro benzene ring substituents is 1. The van der Waals surface area contributed by atoms with Crippen LogP contribution in [0.5, 0.6) is 0 Å². The van der Waals surface area contributed by atoms with E-state index in [1.807, 2.05) is 31.2 Å². The Labute approximate surface area is 132 Å². The maximum absolute atomic E-state index is 12.2. The smallest absolute Gasteiger partial charge is 0.269 e. The summed E-state index contributed by atoms with van der Waals surface area (Å²) >= 11 is 1.36. The lowest BCUT2D eigenvalue weighted by Crippen LogP contribution is -2.22. The van der Waals surface area contributed by atoms with Crippen LogP contribution in [0.4, 0.5) is 11.4 Å². The first kappa shape index (κ1) is 16.0. The van der Waals surface area contributed by atoms with Gasteiger partial charge in [-0.1, -0.05) is 18.2 Å². The molecule has 0 radical (unpaired) electrons. The predicted molar refractivity (Wildman–Crippen MR) is 88.2 cm³/mol. The maximum atomic E-state index is 12.2. The van der Waals surface area contributed by atoms with E-state index in [1.54, 1.807) is 19.1 Å². The Morgan fingerprint density at radius 3 is 2.41 bits per heavy atom. The molecule has 1 N–H and O–H groups in total. The van der Waals surface area contributed by atoms with E-state index in [-0.39, 0.29) is 16.8 Å². The normalized spacial score (nSPS) is 11.7. The SMILES string of the molecule is Cc1ccccc1NC(=O)C(C)Sc1ccc([N+](=O)[O-])cc1. The number of amides is 1. The monoisotopic (exact) mass is 316 g/mol. The third-order valence-electron chi connectivity index (χ3n) is 3.13. The number of hydrogen-bond donors (Lipinski definition) is 1. The molecule has 5 nitrogen and oxygen atoms in total. The number of nitrogens with zero attached hydrogens (tertiary/aromatic N) is 1. The molecule has 1 atom stereocenters. The average molecular weight is 316 g/mol. The van der Waals surface area contributed by atoms with Crippen molar-refractivity contribution in [2.75, 3.05) is 5.32 Å². The van der Waals surface area contributed by atoms with Crippen molar-refractivity contribution in [1.82, 2.24) is 0 Å². The number of hydrogen-bond acceptors (Lipinski definition) is 4. The number of non-ortho nitro benzene ring substituents is 1. The van der Waals surface area contributed by atoms with Crippen LogP contribution in [0.15, 0.2) is 53.4 Å². The van der Waals surface area contributed by atoms with Crippen LogP contribution in [-0.4, -0.2) is 16.1 Å². The number of nitro groups is 1. The first-order valence-electron chi connectivity index (χ1n) is 6.75. The summed E-state index contributed by atoms with van der Waals surface area (Å²) in [5.41, 5.74) is 1.84. The summed E-state index contributed by atoms with van der Waals surface area (Å²) in [6, 6.07) is 13.8. The van der Waals surface area contributed by atoms with E-state index in [2.05, 4.69) is 5.32 Å². The minimum Gasteiger partial charge on any atom is -0.325 e. The predicted octanol–water partition coefficient (Wildman–Crippen LogP) is 4.02. The van der Waals surface area contributed by atoms with Gasteiger partial charge in [-0.25, -0.2) is 0 Å². The number of nitrogens with one attached hydrogen (secondary N) is 1. The van der Waals surface area contributed by atoms with Gasteiger partial charge in [0.05, 0.1) is 10.2 Å². The lowest BCUT2D eigenvalue weighted by atomic mass is 10.2. The first-order valence-corrected chi connectivity index (χ1v) is 7.63. The average Bonchev–Trinajstić information content (AvgIpc) is 2.50. The molecule has 0 bridgehead atoms. The highest BCUT2D eigenvalue weighted by atomic mass is 32.2. The molecule has 2 aromatic rings. The summed E-state index contributed by atoms with van der Waals surface area (Å²) < 4.78 is 0. The molecule has 6 heteroatoms. The van der Waals surface area contributed by atoms with E-state index in [0.717, 1.165) is 16.1 Å². The van der Waals surface area contributed by atoms with Crippen molar-refractivity contribution < 1.29 is 9.72 Å².